The van der Waals surface area contributed by atoms with Crippen LogP contribution in [0.15, 0.2) is 66.9 Å². The number of carbonyl (C=O) groups excluding carboxylic acids is 1. The lowest BCUT2D eigenvalue weighted by Crippen LogP contribution is -2.31. The van der Waals surface area contributed by atoms with Gasteiger partial charge in [0.2, 0.25) is 5.91 Å². The zero-order chi connectivity index (χ0) is 17.9. The lowest BCUT2D eigenvalue weighted by molar-refractivity contribution is -0.125. The summed E-state index contributed by atoms with van der Waals surface area (Å²) in [6, 6.07) is 20.0. The number of nitrogens with zero attached hydrogens (tertiary/aromatic N) is 3. The molecule has 2 aromatic carbocycles. The summed E-state index contributed by atoms with van der Waals surface area (Å²) in [6.45, 7) is 2.89. The van der Waals surface area contributed by atoms with Crippen molar-refractivity contribution in [3.8, 4) is 0 Å². The maximum Gasteiger partial charge on any atom is 0.225 e. The van der Waals surface area contributed by atoms with Crippen molar-refractivity contribution >= 4 is 27.7 Å². The molecular weight excluding hydrogens is 324 g/mol. The van der Waals surface area contributed by atoms with Crippen LogP contribution in [0, 0.1) is 5.92 Å². The van der Waals surface area contributed by atoms with Crippen LogP contribution in [-0.2, 0) is 17.9 Å². The van der Waals surface area contributed by atoms with Crippen molar-refractivity contribution in [1.82, 2.24) is 20.1 Å². The van der Waals surface area contributed by atoms with E-state index in [1.54, 1.807) is 0 Å². The van der Waals surface area contributed by atoms with E-state index in [4.69, 9.17) is 0 Å². The van der Waals surface area contributed by atoms with Gasteiger partial charge in [0, 0.05) is 10.8 Å². The van der Waals surface area contributed by atoms with Gasteiger partial charge in [-0.3, -0.25) is 14.5 Å². The average Bonchev–Trinajstić information content (AvgIpc) is 3.09. The molecule has 0 fully saturated rings. The summed E-state index contributed by atoms with van der Waals surface area (Å²) in [5.74, 6) is -0.182. The monoisotopic (exact) mass is 344 g/mol. The highest BCUT2D eigenvalue weighted by Crippen LogP contribution is 2.15. The molecule has 0 spiro atoms. The topological polar surface area (TPSA) is 59.8 Å². The zero-order valence-electron chi connectivity index (χ0n) is 14.6. The third kappa shape index (κ3) is 3.28. The van der Waals surface area contributed by atoms with Gasteiger partial charge in [-0.2, -0.15) is 5.10 Å². The minimum Gasteiger partial charge on any atom is -0.350 e. The smallest absolute Gasteiger partial charge is 0.225 e. The Kier molecular flexibility index (Phi) is 4.35. The fraction of sp³-hybridized carbons (Fsp3) is 0.190. The fourth-order valence-corrected chi connectivity index (χ4v) is 3.07. The molecule has 0 radical (unpaired) electrons. The van der Waals surface area contributed by atoms with Crippen LogP contribution in [0.5, 0.6) is 0 Å². The molecule has 0 saturated carbocycles. The van der Waals surface area contributed by atoms with Crippen molar-refractivity contribution in [2.24, 2.45) is 5.92 Å². The molecule has 1 unspecified atom stereocenters. The minimum atomic E-state index is -0.182. The minimum absolute atomic E-state index is 0.000426. The SMILES string of the molecule is CC(Cn1ncc2ccccc21)C(=O)NCc1ccc2ccccc2n1. The first-order chi connectivity index (χ1) is 12.7. The van der Waals surface area contributed by atoms with Crippen LogP contribution < -0.4 is 5.32 Å². The molecule has 1 amide bonds. The quantitative estimate of drug-likeness (QED) is 0.602. The molecule has 4 aromatic rings. The van der Waals surface area contributed by atoms with Gasteiger partial charge in [0.25, 0.3) is 0 Å². The van der Waals surface area contributed by atoms with Crippen LogP contribution >= 0.6 is 0 Å². The molecule has 5 heteroatoms. The summed E-state index contributed by atoms with van der Waals surface area (Å²) in [5.41, 5.74) is 2.84. The Morgan fingerprint density at radius 2 is 1.81 bits per heavy atom. The van der Waals surface area contributed by atoms with Gasteiger partial charge < -0.3 is 5.32 Å². The first-order valence-corrected chi connectivity index (χ1v) is 8.73. The van der Waals surface area contributed by atoms with E-state index in [0.717, 1.165) is 27.5 Å². The molecule has 4 rings (SSSR count). The summed E-state index contributed by atoms with van der Waals surface area (Å²) >= 11 is 0. The summed E-state index contributed by atoms with van der Waals surface area (Å²) in [5, 5.41) is 9.56. The number of rotatable bonds is 5. The predicted molar refractivity (Wildman–Crippen MR) is 102 cm³/mol. The number of fused-ring (bicyclic) bond motifs is 2. The Balaban J connectivity index is 1.40. The first kappa shape index (κ1) is 16.3. The van der Waals surface area contributed by atoms with Gasteiger partial charge in [-0.15, -0.1) is 0 Å². The van der Waals surface area contributed by atoms with Crippen LogP contribution in [0.3, 0.4) is 0 Å². The van der Waals surface area contributed by atoms with Crippen molar-refractivity contribution in [2.75, 3.05) is 0 Å². The van der Waals surface area contributed by atoms with Crippen molar-refractivity contribution in [3.05, 3.63) is 72.6 Å². The van der Waals surface area contributed by atoms with E-state index in [9.17, 15) is 4.79 Å². The van der Waals surface area contributed by atoms with E-state index in [-0.39, 0.29) is 11.8 Å². The van der Waals surface area contributed by atoms with Crippen LogP contribution in [0.2, 0.25) is 0 Å². The maximum atomic E-state index is 12.5. The van der Waals surface area contributed by atoms with Crippen molar-refractivity contribution < 1.29 is 4.79 Å². The number of nitrogens with one attached hydrogen (secondary N) is 1. The van der Waals surface area contributed by atoms with E-state index >= 15 is 0 Å². The first-order valence-electron chi connectivity index (χ1n) is 8.73. The van der Waals surface area contributed by atoms with Crippen molar-refractivity contribution in [2.45, 2.75) is 20.0 Å². The van der Waals surface area contributed by atoms with Gasteiger partial charge in [0.15, 0.2) is 0 Å². The Hall–Kier alpha value is -3.21. The van der Waals surface area contributed by atoms with E-state index in [1.165, 1.54) is 0 Å². The molecule has 0 bridgehead atoms. The lowest BCUT2D eigenvalue weighted by atomic mass is 10.1. The number of carbonyl (C=O) groups is 1. The number of amides is 1. The number of benzene rings is 2. The molecule has 1 N–H and O–H groups in total. The van der Waals surface area contributed by atoms with Gasteiger partial charge in [0.05, 0.1) is 41.9 Å². The van der Waals surface area contributed by atoms with Crippen LogP contribution in [0.25, 0.3) is 21.8 Å². The summed E-state index contributed by atoms with van der Waals surface area (Å²) in [6.07, 6.45) is 1.83. The number of aromatic nitrogens is 3. The molecule has 0 aliphatic carbocycles. The zero-order valence-corrected chi connectivity index (χ0v) is 14.6. The largest absolute Gasteiger partial charge is 0.350 e. The predicted octanol–water partition coefficient (Wildman–Crippen LogP) is 3.54. The molecule has 2 aromatic heterocycles. The van der Waals surface area contributed by atoms with Gasteiger partial charge in [-0.25, -0.2) is 0 Å². The van der Waals surface area contributed by atoms with Crippen molar-refractivity contribution in [1.29, 1.82) is 0 Å². The molecule has 2 heterocycles. The molecule has 26 heavy (non-hydrogen) atoms. The second-order valence-corrected chi connectivity index (χ2v) is 6.50. The van der Waals surface area contributed by atoms with Crippen LogP contribution in [0.4, 0.5) is 0 Å². The number of hydrogen-bond acceptors (Lipinski definition) is 3. The average molecular weight is 344 g/mol. The van der Waals surface area contributed by atoms with Gasteiger partial charge in [0.1, 0.15) is 0 Å². The third-order valence-corrected chi connectivity index (χ3v) is 4.55. The molecule has 5 nitrogen and oxygen atoms in total. The third-order valence-electron chi connectivity index (χ3n) is 4.55. The lowest BCUT2D eigenvalue weighted by Gasteiger charge is -2.13. The van der Waals surface area contributed by atoms with Crippen molar-refractivity contribution in [3.63, 3.8) is 0 Å². The van der Waals surface area contributed by atoms with Gasteiger partial charge >= 0.3 is 0 Å². The molecule has 0 aliphatic rings. The van der Waals surface area contributed by atoms with E-state index < -0.39 is 0 Å². The Morgan fingerprint density at radius 3 is 2.69 bits per heavy atom. The molecular formula is C21H20N4O. The second-order valence-electron chi connectivity index (χ2n) is 6.50. The molecule has 130 valence electrons. The van der Waals surface area contributed by atoms with E-state index in [0.29, 0.717) is 13.1 Å². The van der Waals surface area contributed by atoms with E-state index in [1.807, 2.05) is 78.5 Å². The van der Waals surface area contributed by atoms with Gasteiger partial charge in [-0.1, -0.05) is 49.4 Å². The fourth-order valence-electron chi connectivity index (χ4n) is 3.07. The Labute approximate surface area is 151 Å². The highest BCUT2D eigenvalue weighted by molar-refractivity contribution is 5.81. The standard InChI is InChI=1S/C21H20N4O/c1-15(14-25-20-9-5-3-7-17(20)12-23-25)21(26)22-13-18-11-10-16-6-2-4-8-19(16)24-18/h2-12,15H,13-14H2,1H3,(H,22,26). The normalized spacial score (nSPS) is 12.3. The molecule has 0 aliphatic heterocycles. The number of hydrogen-bond donors (Lipinski definition) is 1. The Bertz CT molecular complexity index is 1070. The van der Waals surface area contributed by atoms with Gasteiger partial charge in [-0.05, 0) is 18.2 Å². The highest BCUT2D eigenvalue weighted by atomic mass is 16.1. The number of pyridine rings is 1. The second kappa shape index (κ2) is 6.96. The van der Waals surface area contributed by atoms with Crippen LogP contribution in [-0.4, -0.2) is 20.7 Å². The summed E-state index contributed by atoms with van der Waals surface area (Å²) < 4.78 is 1.88. The molecule has 0 saturated heterocycles. The summed E-state index contributed by atoms with van der Waals surface area (Å²) in [4.78, 5) is 17.1. The molecule has 1 atom stereocenters. The van der Waals surface area contributed by atoms with Crippen LogP contribution in [0.1, 0.15) is 12.6 Å². The highest BCUT2D eigenvalue weighted by Gasteiger charge is 2.15. The van der Waals surface area contributed by atoms with E-state index in [2.05, 4.69) is 15.4 Å². The summed E-state index contributed by atoms with van der Waals surface area (Å²) in [7, 11) is 0. The Morgan fingerprint density at radius 1 is 1.04 bits per heavy atom. The number of para-hydroxylation sites is 2. The maximum absolute atomic E-state index is 12.5.